The highest BCUT2D eigenvalue weighted by Crippen LogP contribution is 2.64. The van der Waals surface area contributed by atoms with Crippen molar-refractivity contribution in [2.24, 2.45) is 29.1 Å². The van der Waals surface area contributed by atoms with Crippen molar-refractivity contribution in [3.63, 3.8) is 0 Å². The summed E-state index contributed by atoms with van der Waals surface area (Å²) in [6.45, 7) is 1.18. The summed E-state index contributed by atoms with van der Waals surface area (Å²) < 4.78 is 19.9. The summed E-state index contributed by atoms with van der Waals surface area (Å²) in [6.07, 6.45) is 1.80. The van der Waals surface area contributed by atoms with E-state index in [1.54, 1.807) is 31.2 Å². The van der Waals surface area contributed by atoms with Crippen LogP contribution in [0.15, 0.2) is 54.1 Å². The topological polar surface area (TPSA) is 142 Å². The first-order valence-electron chi connectivity index (χ1n) is 14.4. The van der Waals surface area contributed by atoms with E-state index in [4.69, 9.17) is 16.3 Å². The van der Waals surface area contributed by atoms with Gasteiger partial charge in [0.05, 0.1) is 46.9 Å². The molecule has 0 bridgehead atoms. The lowest BCUT2D eigenvalue weighted by Crippen LogP contribution is -2.49. The average Bonchev–Trinajstić information content (AvgIpc) is 3.36. The average molecular weight is 625 g/mol. The molecule has 0 aromatic heterocycles. The van der Waals surface area contributed by atoms with E-state index in [1.165, 1.54) is 12.1 Å². The Labute approximate surface area is 257 Å². The van der Waals surface area contributed by atoms with Crippen molar-refractivity contribution in [1.29, 1.82) is 0 Å². The molecule has 10 nitrogen and oxygen atoms in total. The molecule has 6 atom stereocenters. The number of ether oxygens (including phenoxy) is 1. The number of amides is 4. The number of anilines is 1. The van der Waals surface area contributed by atoms with E-state index >= 15 is 0 Å². The first-order chi connectivity index (χ1) is 21.0. The Kier molecular flexibility index (Phi) is 7.57. The number of para-hydroxylation sites is 1. The number of hydrogen-bond donors (Lipinski definition) is 2. The minimum absolute atomic E-state index is 0.0182. The number of imide groups is 2. The van der Waals surface area contributed by atoms with Crippen molar-refractivity contribution in [1.82, 2.24) is 4.90 Å². The van der Waals surface area contributed by atoms with E-state index < -0.39 is 70.4 Å². The minimum atomic E-state index is -1.36. The maximum absolute atomic E-state index is 14.5. The second-order valence-corrected chi connectivity index (χ2v) is 12.2. The first kappa shape index (κ1) is 30.0. The standard InChI is InChI=1S/C32H30ClFN2O8/c1-32-21(29(41)36(31(32)43)16-6-9-23(34)22(33)14-16)15-20-17(27(32)18-4-2-3-5-24(18)44-13-12-37)7-8-19-26(20)30(42)35(28(19)40)11-10-25(38)39/h2-7,9,14,19-21,26-27,37H,8,10-13,15H2,1H3,(H,38,39). The SMILES string of the molecule is CC12C(=O)N(c3ccc(F)c(Cl)c3)C(=O)C1CC1C(=CCC3C(=O)N(CCC(=O)O)C(=O)C31)C2c1ccccc1OCCO. The van der Waals surface area contributed by atoms with Crippen LogP contribution in [0.2, 0.25) is 5.02 Å². The highest BCUT2D eigenvalue weighted by Gasteiger charge is 2.67. The maximum atomic E-state index is 14.5. The monoisotopic (exact) mass is 624 g/mol. The number of aliphatic hydroxyl groups is 1. The zero-order chi connectivity index (χ0) is 31.5. The van der Waals surface area contributed by atoms with Gasteiger partial charge < -0.3 is 14.9 Å². The number of halogens is 2. The quantitative estimate of drug-likeness (QED) is 0.336. The third kappa shape index (κ3) is 4.44. The largest absolute Gasteiger partial charge is 0.491 e. The second-order valence-electron chi connectivity index (χ2n) is 11.8. The third-order valence-electron chi connectivity index (χ3n) is 9.66. The van der Waals surface area contributed by atoms with Crippen molar-refractivity contribution in [2.45, 2.75) is 32.1 Å². The van der Waals surface area contributed by atoms with Gasteiger partial charge in [0.25, 0.3) is 0 Å². The molecule has 2 saturated heterocycles. The number of rotatable bonds is 8. The second kappa shape index (κ2) is 11.1. The lowest BCUT2D eigenvalue weighted by Gasteiger charge is -2.49. The highest BCUT2D eigenvalue weighted by atomic mass is 35.5. The number of likely N-dealkylation sites (tertiary alicyclic amines) is 1. The molecule has 2 heterocycles. The van der Waals surface area contributed by atoms with Gasteiger partial charge in [-0.05, 0) is 49.9 Å². The smallest absolute Gasteiger partial charge is 0.305 e. The highest BCUT2D eigenvalue weighted by molar-refractivity contribution is 6.31. The van der Waals surface area contributed by atoms with E-state index in [-0.39, 0.29) is 49.7 Å². The molecule has 4 aliphatic rings. The molecule has 0 spiro atoms. The third-order valence-corrected chi connectivity index (χ3v) is 9.95. The number of fused-ring (bicyclic) bond motifs is 4. The summed E-state index contributed by atoms with van der Waals surface area (Å²) in [5.41, 5.74) is 0.0711. The number of aliphatic carboxylic acids is 1. The Morgan fingerprint density at radius 1 is 1.09 bits per heavy atom. The summed E-state index contributed by atoms with van der Waals surface area (Å²) in [6, 6.07) is 10.6. The number of aliphatic hydroxyl groups excluding tert-OH is 1. The van der Waals surface area contributed by atoms with Gasteiger partial charge in [-0.15, -0.1) is 0 Å². The molecule has 6 unspecified atom stereocenters. The van der Waals surface area contributed by atoms with Crippen LogP contribution >= 0.6 is 11.6 Å². The summed E-state index contributed by atoms with van der Waals surface area (Å²) >= 11 is 6.04. The van der Waals surface area contributed by atoms with Gasteiger partial charge in [-0.1, -0.05) is 41.4 Å². The van der Waals surface area contributed by atoms with Crippen molar-refractivity contribution in [3.05, 3.63) is 70.5 Å². The van der Waals surface area contributed by atoms with Crippen molar-refractivity contribution in [3.8, 4) is 5.75 Å². The van der Waals surface area contributed by atoms with Gasteiger partial charge in [-0.25, -0.2) is 9.29 Å². The van der Waals surface area contributed by atoms with E-state index in [1.807, 2.05) is 6.08 Å². The predicted octanol–water partition coefficient (Wildman–Crippen LogP) is 3.56. The normalized spacial score (nSPS) is 29.4. The Balaban J connectivity index is 1.49. The number of hydrogen-bond acceptors (Lipinski definition) is 7. The van der Waals surface area contributed by atoms with Crippen LogP contribution in [0.1, 0.15) is 37.7 Å². The lowest BCUT2D eigenvalue weighted by atomic mass is 9.51. The Bertz CT molecular complexity index is 1630. The number of nitrogens with zero attached hydrogens (tertiary/aromatic N) is 2. The van der Waals surface area contributed by atoms with Crippen LogP contribution in [0.3, 0.4) is 0 Å². The molecule has 0 radical (unpaired) electrons. The number of carboxylic acid groups (broad SMARTS) is 1. The molecule has 2 aromatic carbocycles. The van der Waals surface area contributed by atoms with Crippen LogP contribution in [0.4, 0.5) is 10.1 Å². The molecule has 230 valence electrons. The number of carbonyl (C=O) groups is 5. The molecule has 3 fully saturated rings. The van der Waals surface area contributed by atoms with Gasteiger partial charge in [-0.2, -0.15) is 0 Å². The summed E-state index contributed by atoms with van der Waals surface area (Å²) in [5, 5.41) is 18.4. The minimum Gasteiger partial charge on any atom is -0.491 e. The van der Waals surface area contributed by atoms with E-state index in [0.29, 0.717) is 11.3 Å². The summed E-state index contributed by atoms with van der Waals surface area (Å²) in [4.78, 5) is 69.0. The molecular formula is C32H30ClFN2O8. The fourth-order valence-electron chi connectivity index (χ4n) is 7.73. The van der Waals surface area contributed by atoms with Gasteiger partial charge >= 0.3 is 5.97 Å². The zero-order valence-corrected chi connectivity index (χ0v) is 24.5. The molecule has 44 heavy (non-hydrogen) atoms. The van der Waals surface area contributed by atoms with Gasteiger partial charge in [0, 0.05) is 18.0 Å². The van der Waals surface area contributed by atoms with E-state index in [0.717, 1.165) is 21.4 Å². The van der Waals surface area contributed by atoms with Crippen LogP contribution in [0.25, 0.3) is 0 Å². The molecule has 2 aromatic rings. The fourth-order valence-corrected chi connectivity index (χ4v) is 7.90. The first-order valence-corrected chi connectivity index (χ1v) is 14.8. The van der Waals surface area contributed by atoms with Crippen molar-refractivity contribution in [2.75, 3.05) is 24.7 Å². The van der Waals surface area contributed by atoms with Gasteiger partial charge in [0.15, 0.2) is 0 Å². The van der Waals surface area contributed by atoms with Gasteiger partial charge in [-0.3, -0.25) is 28.9 Å². The maximum Gasteiger partial charge on any atom is 0.305 e. The number of benzene rings is 2. The van der Waals surface area contributed by atoms with Crippen LogP contribution in [-0.2, 0) is 24.0 Å². The molecule has 2 aliphatic heterocycles. The van der Waals surface area contributed by atoms with Crippen LogP contribution in [0, 0.1) is 34.9 Å². The van der Waals surface area contributed by atoms with Crippen LogP contribution < -0.4 is 9.64 Å². The van der Waals surface area contributed by atoms with E-state index in [2.05, 4.69) is 0 Å². The number of carboxylic acids is 1. The molecular weight excluding hydrogens is 595 g/mol. The fraction of sp³-hybridized carbons (Fsp3) is 0.406. The van der Waals surface area contributed by atoms with Crippen LogP contribution in [-0.4, -0.2) is 64.5 Å². The molecule has 2 N–H and O–H groups in total. The Morgan fingerprint density at radius 2 is 1.84 bits per heavy atom. The predicted molar refractivity (Wildman–Crippen MR) is 154 cm³/mol. The molecule has 12 heteroatoms. The molecule has 6 rings (SSSR count). The van der Waals surface area contributed by atoms with Crippen molar-refractivity contribution < 1.29 is 43.3 Å². The van der Waals surface area contributed by atoms with Gasteiger partial charge in [0.2, 0.25) is 23.6 Å². The van der Waals surface area contributed by atoms with Gasteiger partial charge in [0.1, 0.15) is 18.2 Å². The Morgan fingerprint density at radius 3 is 2.55 bits per heavy atom. The van der Waals surface area contributed by atoms with Crippen LogP contribution in [0.5, 0.6) is 5.75 Å². The van der Waals surface area contributed by atoms with Crippen molar-refractivity contribution >= 4 is 46.9 Å². The zero-order valence-electron chi connectivity index (χ0n) is 23.7. The number of allylic oxidation sites excluding steroid dienone is 2. The molecule has 1 saturated carbocycles. The summed E-state index contributed by atoms with van der Waals surface area (Å²) in [5.74, 6) is -7.22. The lowest BCUT2D eigenvalue weighted by molar-refractivity contribution is -0.142. The van der Waals surface area contributed by atoms with E-state index in [9.17, 15) is 38.6 Å². The molecule has 2 aliphatic carbocycles. The molecule has 4 amide bonds. The Hall–Kier alpha value is -4.09. The number of carbonyl (C=O) groups excluding carboxylic acids is 4. The summed E-state index contributed by atoms with van der Waals surface area (Å²) in [7, 11) is 0.